The molecule has 0 amide bonds. The number of rotatable bonds is 6. The lowest BCUT2D eigenvalue weighted by Gasteiger charge is -2.09. The van der Waals surface area contributed by atoms with E-state index in [9.17, 15) is 4.79 Å². The highest BCUT2D eigenvalue weighted by Crippen LogP contribution is 2.24. The van der Waals surface area contributed by atoms with Crippen LogP contribution in [0.15, 0.2) is 28.1 Å². The van der Waals surface area contributed by atoms with Crippen molar-refractivity contribution in [3.05, 3.63) is 44.3 Å². The van der Waals surface area contributed by atoms with Crippen molar-refractivity contribution in [3.8, 4) is 5.75 Å². The molecular formula is C14H14BrNO4S. The van der Waals surface area contributed by atoms with Gasteiger partial charge in [0.15, 0.2) is 5.69 Å². The molecule has 0 saturated carbocycles. The Hall–Kier alpha value is -1.44. The van der Waals surface area contributed by atoms with Crippen LogP contribution in [0.5, 0.6) is 5.75 Å². The van der Waals surface area contributed by atoms with E-state index in [2.05, 4.69) is 20.9 Å². The molecule has 0 spiro atoms. The number of methoxy groups -OCH3 is 2. The van der Waals surface area contributed by atoms with Crippen LogP contribution in [0.25, 0.3) is 0 Å². The first-order chi connectivity index (χ1) is 10.1. The Balaban J connectivity index is 2.01. The third kappa shape index (κ3) is 4.26. The number of carbonyl (C=O) groups is 1. The molecule has 0 radical (unpaired) electrons. The van der Waals surface area contributed by atoms with Crippen molar-refractivity contribution in [1.82, 2.24) is 4.98 Å². The van der Waals surface area contributed by atoms with Gasteiger partial charge in [0, 0.05) is 22.5 Å². The Bertz CT molecular complexity index is 629. The molecule has 5 nitrogen and oxygen atoms in total. The summed E-state index contributed by atoms with van der Waals surface area (Å²) in [7, 11) is 3.16. The molecule has 0 aliphatic heterocycles. The number of hydrogen-bond donors (Lipinski definition) is 0. The van der Waals surface area contributed by atoms with Gasteiger partial charge in [-0.1, -0.05) is 15.9 Å². The Morgan fingerprint density at radius 2 is 2.14 bits per heavy atom. The van der Waals surface area contributed by atoms with Crippen molar-refractivity contribution >= 4 is 33.2 Å². The number of esters is 1. The maximum atomic E-state index is 11.9. The van der Waals surface area contributed by atoms with Gasteiger partial charge in [0.25, 0.3) is 0 Å². The standard InChI is InChI=1S/C14H14BrNO4S/c1-18-7-13-16-11(8-21-13)14(17)20-6-9-5-10(15)3-4-12(9)19-2/h3-5,8H,6-7H2,1-2H3. The molecule has 2 rings (SSSR count). The van der Waals surface area contributed by atoms with Gasteiger partial charge in [0.05, 0.1) is 13.7 Å². The Kier molecular flexibility index (Phi) is 5.72. The quantitative estimate of drug-likeness (QED) is 0.728. The second kappa shape index (κ2) is 7.53. The summed E-state index contributed by atoms with van der Waals surface area (Å²) in [6.45, 7) is 0.510. The van der Waals surface area contributed by atoms with Gasteiger partial charge in [0.1, 0.15) is 17.4 Å². The van der Waals surface area contributed by atoms with Crippen LogP contribution in [0, 0.1) is 0 Å². The number of hydrogen-bond acceptors (Lipinski definition) is 6. The first-order valence-electron chi connectivity index (χ1n) is 6.07. The number of nitrogens with zero attached hydrogens (tertiary/aromatic N) is 1. The molecule has 0 bridgehead atoms. The predicted molar refractivity (Wildman–Crippen MR) is 82.6 cm³/mol. The number of thiazole rings is 1. The van der Waals surface area contributed by atoms with Crippen LogP contribution in [0.2, 0.25) is 0 Å². The van der Waals surface area contributed by atoms with Crippen LogP contribution >= 0.6 is 27.3 Å². The summed E-state index contributed by atoms with van der Waals surface area (Å²) < 4.78 is 16.4. The molecule has 0 N–H and O–H groups in total. The Morgan fingerprint density at radius 1 is 1.33 bits per heavy atom. The largest absolute Gasteiger partial charge is 0.496 e. The average molecular weight is 372 g/mol. The summed E-state index contributed by atoms with van der Waals surface area (Å²) in [4.78, 5) is 16.1. The zero-order valence-corrected chi connectivity index (χ0v) is 14.0. The van der Waals surface area contributed by atoms with Crippen LogP contribution in [-0.2, 0) is 22.7 Å². The molecule has 1 aromatic carbocycles. The molecule has 0 atom stereocenters. The highest BCUT2D eigenvalue weighted by Gasteiger charge is 2.14. The van der Waals surface area contributed by atoms with Gasteiger partial charge in [-0.15, -0.1) is 11.3 Å². The van der Waals surface area contributed by atoms with E-state index in [1.165, 1.54) is 11.3 Å². The molecular weight excluding hydrogens is 358 g/mol. The molecule has 7 heteroatoms. The van der Waals surface area contributed by atoms with Gasteiger partial charge in [-0.2, -0.15) is 0 Å². The molecule has 1 heterocycles. The second-order valence-corrected chi connectivity index (χ2v) is 5.95. The number of halogens is 1. The first kappa shape index (κ1) is 15.9. The Morgan fingerprint density at radius 3 is 2.86 bits per heavy atom. The number of carbonyl (C=O) groups excluding carboxylic acids is 1. The zero-order valence-electron chi connectivity index (χ0n) is 11.6. The average Bonchev–Trinajstić information content (AvgIpc) is 2.94. The highest BCUT2D eigenvalue weighted by molar-refractivity contribution is 9.10. The lowest BCUT2D eigenvalue weighted by molar-refractivity contribution is 0.0463. The molecule has 0 aliphatic carbocycles. The normalized spacial score (nSPS) is 10.4. The summed E-state index contributed by atoms with van der Waals surface area (Å²) in [5.41, 5.74) is 1.08. The summed E-state index contributed by atoms with van der Waals surface area (Å²) >= 11 is 4.74. The van der Waals surface area contributed by atoms with E-state index in [0.717, 1.165) is 15.0 Å². The molecule has 112 valence electrons. The third-order valence-corrected chi connectivity index (χ3v) is 3.95. The van der Waals surface area contributed by atoms with E-state index in [1.54, 1.807) is 19.6 Å². The summed E-state index contributed by atoms with van der Waals surface area (Å²) in [6, 6.07) is 5.53. The van der Waals surface area contributed by atoms with E-state index in [4.69, 9.17) is 14.2 Å². The lowest BCUT2D eigenvalue weighted by atomic mass is 10.2. The van der Waals surface area contributed by atoms with E-state index < -0.39 is 5.97 Å². The van der Waals surface area contributed by atoms with Crippen LogP contribution in [-0.4, -0.2) is 25.2 Å². The second-order valence-electron chi connectivity index (χ2n) is 4.09. The minimum atomic E-state index is -0.462. The minimum absolute atomic E-state index is 0.124. The van der Waals surface area contributed by atoms with Crippen molar-refractivity contribution in [2.45, 2.75) is 13.2 Å². The molecule has 0 saturated heterocycles. The van der Waals surface area contributed by atoms with Crippen molar-refractivity contribution in [2.75, 3.05) is 14.2 Å². The van der Waals surface area contributed by atoms with E-state index in [1.807, 2.05) is 18.2 Å². The topological polar surface area (TPSA) is 57.7 Å². The molecule has 21 heavy (non-hydrogen) atoms. The number of aromatic nitrogens is 1. The van der Waals surface area contributed by atoms with Crippen LogP contribution in [0.1, 0.15) is 21.1 Å². The van der Waals surface area contributed by atoms with E-state index in [-0.39, 0.29) is 6.61 Å². The van der Waals surface area contributed by atoms with Gasteiger partial charge in [0.2, 0.25) is 0 Å². The Labute approximate surface area is 135 Å². The van der Waals surface area contributed by atoms with Gasteiger partial charge >= 0.3 is 5.97 Å². The summed E-state index contributed by atoms with van der Waals surface area (Å²) in [5.74, 6) is 0.208. The third-order valence-electron chi connectivity index (χ3n) is 2.63. The molecule has 1 aromatic heterocycles. The summed E-state index contributed by atoms with van der Waals surface area (Å²) in [5, 5.41) is 2.40. The monoisotopic (exact) mass is 371 g/mol. The lowest BCUT2D eigenvalue weighted by Crippen LogP contribution is -2.07. The van der Waals surface area contributed by atoms with Crippen molar-refractivity contribution < 1.29 is 19.0 Å². The van der Waals surface area contributed by atoms with Crippen LogP contribution in [0.4, 0.5) is 0 Å². The van der Waals surface area contributed by atoms with Crippen LogP contribution in [0.3, 0.4) is 0 Å². The van der Waals surface area contributed by atoms with Gasteiger partial charge < -0.3 is 14.2 Å². The van der Waals surface area contributed by atoms with Crippen molar-refractivity contribution in [3.63, 3.8) is 0 Å². The first-order valence-corrected chi connectivity index (χ1v) is 7.74. The molecule has 0 aliphatic rings. The van der Waals surface area contributed by atoms with Crippen LogP contribution < -0.4 is 4.74 Å². The minimum Gasteiger partial charge on any atom is -0.496 e. The van der Waals surface area contributed by atoms with E-state index >= 15 is 0 Å². The molecule has 0 fully saturated rings. The van der Waals surface area contributed by atoms with Crippen molar-refractivity contribution in [2.24, 2.45) is 0 Å². The summed E-state index contributed by atoms with van der Waals surface area (Å²) in [6.07, 6.45) is 0. The predicted octanol–water partition coefficient (Wildman–Crippen LogP) is 3.42. The maximum absolute atomic E-state index is 11.9. The smallest absolute Gasteiger partial charge is 0.358 e. The fourth-order valence-electron chi connectivity index (χ4n) is 1.67. The fourth-order valence-corrected chi connectivity index (χ4v) is 2.81. The maximum Gasteiger partial charge on any atom is 0.358 e. The molecule has 0 unspecified atom stereocenters. The highest BCUT2D eigenvalue weighted by atomic mass is 79.9. The fraction of sp³-hybridized carbons (Fsp3) is 0.286. The number of benzene rings is 1. The SMILES string of the molecule is COCc1nc(C(=O)OCc2cc(Br)ccc2OC)cs1. The van der Waals surface area contributed by atoms with Gasteiger partial charge in [-0.3, -0.25) is 0 Å². The zero-order chi connectivity index (χ0) is 15.2. The van der Waals surface area contributed by atoms with Crippen molar-refractivity contribution in [1.29, 1.82) is 0 Å². The van der Waals surface area contributed by atoms with E-state index in [0.29, 0.717) is 18.1 Å². The molecule has 2 aromatic rings. The van der Waals surface area contributed by atoms with Gasteiger partial charge in [-0.05, 0) is 18.2 Å². The number of ether oxygens (including phenoxy) is 3. The van der Waals surface area contributed by atoms with Gasteiger partial charge in [-0.25, -0.2) is 9.78 Å².